The van der Waals surface area contributed by atoms with Crippen LogP contribution in [0.4, 0.5) is 0 Å². The van der Waals surface area contributed by atoms with Crippen molar-refractivity contribution in [3.05, 3.63) is 0 Å². The second kappa shape index (κ2) is 5.75. The third-order valence-electron chi connectivity index (χ3n) is 1.55. The van der Waals surface area contributed by atoms with E-state index in [1.54, 1.807) is 6.29 Å². The average molecular weight is 170 g/mol. The molecule has 0 heterocycles. The molecule has 1 amide bonds. The van der Waals surface area contributed by atoms with Crippen LogP contribution >= 0.6 is 0 Å². The number of carbonyl (C=O) groups excluding carboxylic acids is 2. The van der Waals surface area contributed by atoms with Gasteiger partial charge in [-0.3, -0.25) is 9.59 Å². The summed E-state index contributed by atoms with van der Waals surface area (Å²) >= 11 is 0. The Kier molecular flexibility index (Phi) is 5.34. The first-order chi connectivity index (χ1) is 5.56. The minimum Gasteiger partial charge on any atom is -0.346 e. The summed E-state index contributed by atoms with van der Waals surface area (Å²) in [6.45, 7) is 5.56. The van der Waals surface area contributed by atoms with E-state index in [0.717, 1.165) is 6.42 Å². The SMILES string of the molecule is CC(=O)NC([C]=O)CCC(C)C. The highest BCUT2D eigenvalue weighted by Crippen LogP contribution is 2.05. The summed E-state index contributed by atoms with van der Waals surface area (Å²) in [7, 11) is 0. The van der Waals surface area contributed by atoms with Crippen LogP contribution in [-0.2, 0) is 9.59 Å². The molecule has 0 spiro atoms. The number of hydrogen-bond acceptors (Lipinski definition) is 2. The lowest BCUT2D eigenvalue weighted by Gasteiger charge is -2.11. The van der Waals surface area contributed by atoms with Gasteiger partial charge in [0, 0.05) is 6.92 Å². The van der Waals surface area contributed by atoms with Gasteiger partial charge in [0.15, 0.2) is 0 Å². The monoisotopic (exact) mass is 170 g/mol. The van der Waals surface area contributed by atoms with Gasteiger partial charge in [-0.1, -0.05) is 13.8 Å². The van der Waals surface area contributed by atoms with Crippen molar-refractivity contribution in [2.75, 3.05) is 0 Å². The Morgan fingerprint density at radius 3 is 2.33 bits per heavy atom. The first-order valence-electron chi connectivity index (χ1n) is 4.21. The Labute approximate surface area is 73.5 Å². The number of carbonyl (C=O) groups is 1. The molecule has 12 heavy (non-hydrogen) atoms. The van der Waals surface area contributed by atoms with Crippen molar-refractivity contribution in [2.24, 2.45) is 5.92 Å². The molecule has 0 fully saturated rings. The molecule has 69 valence electrons. The highest BCUT2D eigenvalue weighted by molar-refractivity contribution is 5.77. The second-order valence-electron chi connectivity index (χ2n) is 3.34. The molecule has 0 aromatic rings. The van der Waals surface area contributed by atoms with Crippen molar-refractivity contribution in [3.63, 3.8) is 0 Å². The van der Waals surface area contributed by atoms with Crippen LogP contribution in [-0.4, -0.2) is 18.2 Å². The quantitative estimate of drug-likeness (QED) is 0.670. The lowest BCUT2D eigenvalue weighted by Crippen LogP contribution is -2.34. The lowest BCUT2D eigenvalue weighted by atomic mass is 10.0. The number of nitrogens with one attached hydrogen (secondary N) is 1. The van der Waals surface area contributed by atoms with Gasteiger partial charge in [-0.15, -0.1) is 0 Å². The molecule has 0 aliphatic heterocycles. The van der Waals surface area contributed by atoms with Crippen molar-refractivity contribution in [1.29, 1.82) is 0 Å². The molecule has 1 radical (unpaired) electrons. The van der Waals surface area contributed by atoms with Crippen LogP contribution in [0.1, 0.15) is 33.6 Å². The van der Waals surface area contributed by atoms with Crippen molar-refractivity contribution >= 4 is 12.2 Å². The van der Waals surface area contributed by atoms with Crippen molar-refractivity contribution < 1.29 is 9.59 Å². The van der Waals surface area contributed by atoms with Gasteiger partial charge < -0.3 is 5.32 Å². The molecule has 3 heteroatoms. The zero-order valence-electron chi connectivity index (χ0n) is 7.89. The predicted molar refractivity (Wildman–Crippen MR) is 47.4 cm³/mol. The summed E-state index contributed by atoms with van der Waals surface area (Å²) in [4.78, 5) is 20.9. The molecule has 0 aliphatic rings. The maximum absolute atomic E-state index is 10.6. The van der Waals surface area contributed by atoms with Gasteiger partial charge in [-0.25, -0.2) is 0 Å². The molecule has 1 atom stereocenters. The third-order valence-corrected chi connectivity index (χ3v) is 1.55. The average Bonchev–Trinajstić information content (AvgIpc) is 1.97. The Morgan fingerprint density at radius 2 is 2.00 bits per heavy atom. The molecule has 3 nitrogen and oxygen atoms in total. The van der Waals surface area contributed by atoms with Gasteiger partial charge in [-0.2, -0.15) is 0 Å². The molecule has 1 unspecified atom stereocenters. The molecule has 0 aromatic heterocycles. The molecular formula is C9H16NO2. The van der Waals surface area contributed by atoms with Crippen LogP contribution in [0.15, 0.2) is 0 Å². The van der Waals surface area contributed by atoms with E-state index < -0.39 is 6.04 Å². The van der Waals surface area contributed by atoms with Gasteiger partial charge in [0.05, 0.1) is 6.04 Å². The topological polar surface area (TPSA) is 46.2 Å². The number of amides is 1. The minimum absolute atomic E-state index is 0.174. The van der Waals surface area contributed by atoms with E-state index in [9.17, 15) is 9.59 Å². The fourth-order valence-corrected chi connectivity index (χ4v) is 0.906. The summed E-state index contributed by atoms with van der Waals surface area (Å²) in [5.41, 5.74) is 0. The standard InChI is InChI=1S/C9H16NO2/c1-7(2)4-5-9(6-11)10-8(3)12/h7,9H,4-5H2,1-3H3,(H,10,12). The van der Waals surface area contributed by atoms with E-state index >= 15 is 0 Å². The molecule has 1 N–H and O–H groups in total. The fourth-order valence-electron chi connectivity index (χ4n) is 0.906. The van der Waals surface area contributed by atoms with Crippen LogP contribution < -0.4 is 5.32 Å². The van der Waals surface area contributed by atoms with Gasteiger partial charge in [0.2, 0.25) is 12.2 Å². The Hall–Kier alpha value is -0.860. The second-order valence-corrected chi connectivity index (χ2v) is 3.34. The van der Waals surface area contributed by atoms with E-state index in [1.807, 2.05) is 0 Å². The van der Waals surface area contributed by atoms with Gasteiger partial charge in [0.25, 0.3) is 0 Å². The van der Waals surface area contributed by atoms with E-state index in [0.29, 0.717) is 12.3 Å². The van der Waals surface area contributed by atoms with E-state index in [2.05, 4.69) is 19.2 Å². The van der Waals surface area contributed by atoms with Crippen LogP contribution in [0.2, 0.25) is 0 Å². The van der Waals surface area contributed by atoms with Gasteiger partial charge in [0.1, 0.15) is 0 Å². The Bertz CT molecular complexity index is 155. The molecular weight excluding hydrogens is 154 g/mol. The lowest BCUT2D eigenvalue weighted by molar-refractivity contribution is -0.119. The van der Waals surface area contributed by atoms with Crippen LogP contribution in [0.25, 0.3) is 0 Å². The van der Waals surface area contributed by atoms with E-state index in [-0.39, 0.29) is 5.91 Å². The zero-order chi connectivity index (χ0) is 9.56. The number of hydrogen-bond donors (Lipinski definition) is 1. The molecule has 0 aliphatic carbocycles. The van der Waals surface area contributed by atoms with Crippen molar-refractivity contribution in [1.82, 2.24) is 5.32 Å². The summed E-state index contributed by atoms with van der Waals surface area (Å²) in [6.07, 6.45) is 3.42. The Balaban J connectivity index is 3.67. The van der Waals surface area contributed by atoms with Crippen LogP contribution in [0.5, 0.6) is 0 Å². The zero-order valence-corrected chi connectivity index (χ0v) is 7.89. The van der Waals surface area contributed by atoms with Crippen LogP contribution in [0.3, 0.4) is 0 Å². The molecule has 0 rings (SSSR count). The highest BCUT2D eigenvalue weighted by Gasteiger charge is 2.09. The molecule has 0 bridgehead atoms. The first kappa shape index (κ1) is 11.1. The highest BCUT2D eigenvalue weighted by atomic mass is 16.2. The molecule has 0 saturated heterocycles. The largest absolute Gasteiger partial charge is 0.346 e. The predicted octanol–water partition coefficient (Wildman–Crippen LogP) is 1.04. The summed E-state index contributed by atoms with van der Waals surface area (Å²) in [6, 6.07) is -0.426. The molecule has 0 aromatic carbocycles. The van der Waals surface area contributed by atoms with E-state index in [4.69, 9.17) is 0 Å². The Morgan fingerprint density at radius 1 is 1.42 bits per heavy atom. The first-order valence-corrected chi connectivity index (χ1v) is 4.21. The van der Waals surface area contributed by atoms with Crippen molar-refractivity contribution in [2.45, 2.75) is 39.7 Å². The van der Waals surface area contributed by atoms with Gasteiger partial charge >= 0.3 is 0 Å². The molecule has 0 saturated carbocycles. The van der Waals surface area contributed by atoms with E-state index in [1.165, 1.54) is 6.92 Å². The number of rotatable bonds is 5. The third kappa shape index (κ3) is 5.89. The minimum atomic E-state index is -0.426. The summed E-state index contributed by atoms with van der Waals surface area (Å²) in [5, 5.41) is 2.52. The summed E-state index contributed by atoms with van der Waals surface area (Å²) in [5.74, 6) is 0.377. The maximum atomic E-state index is 10.6. The smallest absolute Gasteiger partial charge is 0.222 e. The fraction of sp³-hybridized carbons (Fsp3) is 0.778. The van der Waals surface area contributed by atoms with Gasteiger partial charge in [-0.05, 0) is 18.8 Å². The summed E-state index contributed by atoms with van der Waals surface area (Å²) < 4.78 is 0. The maximum Gasteiger partial charge on any atom is 0.222 e. The normalized spacial score (nSPS) is 12.7. The van der Waals surface area contributed by atoms with Crippen LogP contribution in [0, 0.1) is 5.92 Å². The van der Waals surface area contributed by atoms with Crippen molar-refractivity contribution in [3.8, 4) is 0 Å².